The number of ether oxygens (including phenoxy) is 1. The lowest BCUT2D eigenvalue weighted by molar-refractivity contribution is 0.0717. The van der Waals surface area contributed by atoms with Gasteiger partial charge < -0.3 is 19.5 Å². The Morgan fingerprint density at radius 1 is 1.00 bits per heavy atom. The van der Waals surface area contributed by atoms with Gasteiger partial charge in [-0.05, 0) is 24.6 Å². The zero-order chi connectivity index (χ0) is 16.9. The molecule has 2 aromatic rings. The Hall–Kier alpha value is -2.76. The maximum Gasteiger partial charge on any atom is 0.257 e. The second-order valence-corrected chi connectivity index (χ2v) is 5.74. The van der Waals surface area contributed by atoms with E-state index < -0.39 is 0 Å². The summed E-state index contributed by atoms with van der Waals surface area (Å²) in [5.74, 6) is 0.526. The molecule has 1 N–H and O–H groups in total. The van der Waals surface area contributed by atoms with Crippen LogP contribution in [0.4, 0.5) is 0 Å². The SMILES string of the molecule is COc1ccccc1C(=O)N1CCCN(C(=O)c2cc[nH]c2)CC1. The summed E-state index contributed by atoms with van der Waals surface area (Å²) in [5, 5.41) is 0. The molecule has 24 heavy (non-hydrogen) atoms. The smallest absolute Gasteiger partial charge is 0.257 e. The molecule has 0 radical (unpaired) electrons. The molecule has 1 saturated heterocycles. The fourth-order valence-corrected chi connectivity index (χ4v) is 2.95. The number of benzene rings is 1. The van der Waals surface area contributed by atoms with Crippen LogP contribution in [-0.4, -0.2) is 59.9 Å². The van der Waals surface area contributed by atoms with Crippen LogP contribution in [0.2, 0.25) is 0 Å². The lowest BCUT2D eigenvalue weighted by Crippen LogP contribution is -2.37. The van der Waals surface area contributed by atoms with Gasteiger partial charge >= 0.3 is 0 Å². The molecule has 0 bridgehead atoms. The Morgan fingerprint density at radius 2 is 1.71 bits per heavy atom. The molecule has 1 aromatic carbocycles. The molecule has 0 atom stereocenters. The number of methoxy groups -OCH3 is 1. The largest absolute Gasteiger partial charge is 0.496 e. The third-order valence-electron chi connectivity index (χ3n) is 4.25. The molecule has 1 aliphatic heterocycles. The number of aromatic nitrogens is 1. The molecule has 1 aromatic heterocycles. The molecule has 2 heterocycles. The van der Waals surface area contributed by atoms with E-state index in [-0.39, 0.29) is 11.8 Å². The fraction of sp³-hybridized carbons (Fsp3) is 0.333. The zero-order valence-electron chi connectivity index (χ0n) is 13.7. The van der Waals surface area contributed by atoms with Crippen molar-refractivity contribution in [2.45, 2.75) is 6.42 Å². The van der Waals surface area contributed by atoms with Gasteiger partial charge in [0.25, 0.3) is 11.8 Å². The number of nitrogens with one attached hydrogen (secondary N) is 1. The van der Waals surface area contributed by atoms with Gasteiger partial charge in [0.2, 0.25) is 0 Å². The number of amides is 2. The molecular formula is C18H21N3O3. The number of rotatable bonds is 3. The standard InChI is InChI=1S/C18H21N3O3/c1-24-16-6-3-2-5-15(16)18(23)21-10-4-9-20(11-12-21)17(22)14-7-8-19-13-14/h2-3,5-8,13,19H,4,9-12H2,1H3. The monoisotopic (exact) mass is 327 g/mol. The first kappa shape index (κ1) is 16.1. The van der Waals surface area contributed by atoms with E-state index >= 15 is 0 Å². The highest BCUT2D eigenvalue weighted by molar-refractivity contribution is 5.97. The van der Waals surface area contributed by atoms with Crippen LogP contribution in [0.25, 0.3) is 0 Å². The lowest BCUT2D eigenvalue weighted by atomic mass is 10.1. The van der Waals surface area contributed by atoms with E-state index in [0.29, 0.717) is 43.1 Å². The summed E-state index contributed by atoms with van der Waals surface area (Å²) < 4.78 is 5.28. The van der Waals surface area contributed by atoms with Crippen molar-refractivity contribution in [2.24, 2.45) is 0 Å². The summed E-state index contributed by atoms with van der Waals surface area (Å²) >= 11 is 0. The predicted molar refractivity (Wildman–Crippen MR) is 90.2 cm³/mol. The van der Waals surface area contributed by atoms with Gasteiger partial charge in [-0.1, -0.05) is 12.1 Å². The zero-order valence-corrected chi connectivity index (χ0v) is 13.7. The summed E-state index contributed by atoms with van der Waals surface area (Å²) in [6.45, 7) is 2.34. The number of carbonyl (C=O) groups is 2. The summed E-state index contributed by atoms with van der Waals surface area (Å²) in [5.41, 5.74) is 1.21. The van der Waals surface area contributed by atoms with Crippen LogP contribution in [0, 0.1) is 0 Å². The lowest BCUT2D eigenvalue weighted by Gasteiger charge is -2.22. The first-order valence-corrected chi connectivity index (χ1v) is 8.05. The van der Waals surface area contributed by atoms with E-state index in [4.69, 9.17) is 4.74 Å². The van der Waals surface area contributed by atoms with Gasteiger partial charge in [0.1, 0.15) is 5.75 Å². The van der Waals surface area contributed by atoms with Crippen LogP contribution < -0.4 is 4.74 Å². The average Bonchev–Trinajstić information content (AvgIpc) is 3.05. The van der Waals surface area contributed by atoms with Crippen molar-refractivity contribution in [2.75, 3.05) is 33.3 Å². The molecule has 126 valence electrons. The Labute approximate surface area is 141 Å². The Bertz CT molecular complexity index is 712. The topological polar surface area (TPSA) is 65.6 Å². The highest BCUT2D eigenvalue weighted by Crippen LogP contribution is 2.20. The highest BCUT2D eigenvalue weighted by Gasteiger charge is 2.25. The summed E-state index contributed by atoms with van der Waals surface area (Å²) in [7, 11) is 1.56. The molecule has 0 aliphatic carbocycles. The van der Waals surface area contributed by atoms with Gasteiger partial charge in [0.05, 0.1) is 18.2 Å². The molecule has 2 amide bonds. The van der Waals surface area contributed by atoms with E-state index in [1.807, 2.05) is 12.1 Å². The quantitative estimate of drug-likeness (QED) is 0.938. The van der Waals surface area contributed by atoms with Gasteiger partial charge in [0, 0.05) is 38.6 Å². The highest BCUT2D eigenvalue weighted by atomic mass is 16.5. The number of hydrogen-bond donors (Lipinski definition) is 1. The molecule has 1 fully saturated rings. The Kier molecular flexibility index (Phi) is 4.84. The van der Waals surface area contributed by atoms with Gasteiger partial charge in [-0.15, -0.1) is 0 Å². The van der Waals surface area contributed by atoms with E-state index in [1.165, 1.54) is 0 Å². The summed E-state index contributed by atoms with van der Waals surface area (Å²) in [4.78, 5) is 31.7. The third-order valence-corrected chi connectivity index (χ3v) is 4.25. The van der Waals surface area contributed by atoms with Crippen molar-refractivity contribution in [3.05, 3.63) is 53.9 Å². The average molecular weight is 327 g/mol. The van der Waals surface area contributed by atoms with Gasteiger partial charge in [-0.25, -0.2) is 0 Å². The fourth-order valence-electron chi connectivity index (χ4n) is 2.95. The van der Waals surface area contributed by atoms with Crippen molar-refractivity contribution in [3.63, 3.8) is 0 Å². The third kappa shape index (κ3) is 3.27. The second-order valence-electron chi connectivity index (χ2n) is 5.74. The first-order valence-electron chi connectivity index (χ1n) is 8.05. The number of para-hydroxylation sites is 1. The van der Waals surface area contributed by atoms with E-state index in [0.717, 1.165) is 6.42 Å². The molecule has 0 spiro atoms. The van der Waals surface area contributed by atoms with Gasteiger partial charge in [-0.3, -0.25) is 9.59 Å². The van der Waals surface area contributed by atoms with Crippen LogP contribution in [0.3, 0.4) is 0 Å². The number of H-pyrrole nitrogens is 1. The van der Waals surface area contributed by atoms with Crippen molar-refractivity contribution >= 4 is 11.8 Å². The van der Waals surface area contributed by atoms with E-state index in [1.54, 1.807) is 47.5 Å². The van der Waals surface area contributed by atoms with Crippen molar-refractivity contribution < 1.29 is 14.3 Å². The van der Waals surface area contributed by atoms with Crippen molar-refractivity contribution in [1.82, 2.24) is 14.8 Å². The molecule has 3 rings (SSSR count). The number of aromatic amines is 1. The molecule has 0 saturated carbocycles. The molecule has 6 nitrogen and oxygen atoms in total. The Morgan fingerprint density at radius 3 is 2.38 bits per heavy atom. The van der Waals surface area contributed by atoms with Crippen LogP contribution >= 0.6 is 0 Å². The number of carbonyl (C=O) groups excluding carboxylic acids is 2. The van der Waals surface area contributed by atoms with E-state index in [9.17, 15) is 9.59 Å². The van der Waals surface area contributed by atoms with E-state index in [2.05, 4.69) is 4.98 Å². The maximum absolute atomic E-state index is 12.8. The maximum atomic E-state index is 12.8. The summed E-state index contributed by atoms with van der Waals surface area (Å²) in [6, 6.07) is 9.00. The second kappa shape index (κ2) is 7.21. The van der Waals surface area contributed by atoms with Gasteiger partial charge in [-0.2, -0.15) is 0 Å². The normalized spacial score (nSPS) is 15.0. The van der Waals surface area contributed by atoms with Crippen LogP contribution in [0.5, 0.6) is 5.75 Å². The molecule has 0 unspecified atom stereocenters. The number of nitrogens with zero attached hydrogens (tertiary/aromatic N) is 2. The first-order chi connectivity index (χ1) is 11.7. The minimum atomic E-state index is -0.0524. The molecule has 1 aliphatic rings. The Balaban J connectivity index is 1.69. The molecule has 6 heteroatoms. The van der Waals surface area contributed by atoms with Crippen LogP contribution in [-0.2, 0) is 0 Å². The minimum Gasteiger partial charge on any atom is -0.496 e. The molecular weight excluding hydrogens is 306 g/mol. The van der Waals surface area contributed by atoms with Crippen LogP contribution in [0.15, 0.2) is 42.7 Å². The van der Waals surface area contributed by atoms with Crippen molar-refractivity contribution in [1.29, 1.82) is 0 Å². The van der Waals surface area contributed by atoms with Gasteiger partial charge in [0.15, 0.2) is 0 Å². The predicted octanol–water partition coefficient (Wildman–Crippen LogP) is 2.01. The van der Waals surface area contributed by atoms with Crippen LogP contribution in [0.1, 0.15) is 27.1 Å². The van der Waals surface area contributed by atoms with Crippen molar-refractivity contribution in [3.8, 4) is 5.75 Å². The summed E-state index contributed by atoms with van der Waals surface area (Å²) in [6.07, 6.45) is 4.20. The minimum absolute atomic E-state index is 0.00263. The number of hydrogen-bond acceptors (Lipinski definition) is 3.